The number of hydrogen-bond acceptors (Lipinski definition) is 2. The second-order valence-electron chi connectivity index (χ2n) is 5.72. The van der Waals surface area contributed by atoms with Crippen molar-refractivity contribution in [2.24, 2.45) is 0 Å². The Labute approximate surface area is 132 Å². The van der Waals surface area contributed by atoms with E-state index < -0.39 is 0 Å². The first-order valence-corrected chi connectivity index (χ1v) is 7.45. The zero-order chi connectivity index (χ0) is 16.3. The molecule has 0 radical (unpaired) electrons. The Kier molecular flexibility index (Phi) is 4.86. The van der Waals surface area contributed by atoms with E-state index in [0.717, 1.165) is 11.3 Å². The molecule has 0 aromatic heterocycles. The first-order chi connectivity index (χ1) is 10.4. The van der Waals surface area contributed by atoms with Gasteiger partial charge >= 0.3 is 0 Å². The maximum atomic E-state index is 12.3. The lowest BCUT2D eigenvalue weighted by Crippen LogP contribution is -2.27. The van der Waals surface area contributed by atoms with E-state index in [1.54, 1.807) is 31.4 Å². The van der Waals surface area contributed by atoms with Crippen LogP contribution < -0.4 is 10.1 Å². The topological polar surface area (TPSA) is 38.3 Å². The number of hydrogen-bond donors (Lipinski definition) is 1. The second-order valence-corrected chi connectivity index (χ2v) is 5.72. The standard InChI is InChI=1S/C19H23NO2/c1-12-10-14(3)18(11-13(12)2)15(4)20-19(21)16-6-8-17(22-5)9-7-16/h6-11,15H,1-5H3,(H,20,21). The Morgan fingerprint density at radius 1 is 1.00 bits per heavy atom. The summed E-state index contributed by atoms with van der Waals surface area (Å²) in [5.41, 5.74) is 5.51. The summed E-state index contributed by atoms with van der Waals surface area (Å²) in [6, 6.07) is 11.4. The van der Waals surface area contributed by atoms with Gasteiger partial charge < -0.3 is 10.1 Å². The van der Waals surface area contributed by atoms with Crippen molar-refractivity contribution in [2.45, 2.75) is 33.7 Å². The van der Waals surface area contributed by atoms with E-state index in [1.165, 1.54) is 16.7 Å². The molecule has 0 aliphatic rings. The minimum atomic E-state index is -0.0761. The molecule has 22 heavy (non-hydrogen) atoms. The van der Waals surface area contributed by atoms with Gasteiger partial charge in [0.05, 0.1) is 13.2 Å². The van der Waals surface area contributed by atoms with E-state index in [1.807, 2.05) is 6.92 Å². The maximum Gasteiger partial charge on any atom is 0.251 e. The third-order valence-corrected chi connectivity index (χ3v) is 4.05. The first-order valence-electron chi connectivity index (χ1n) is 7.45. The van der Waals surface area contributed by atoms with Crippen molar-refractivity contribution in [3.05, 3.63) is 64.2 Å². The molecule has 1 N–H and O–H groups in total. The number of methoxy groups -OCH3 is 1. The van der Waals surface area contributed by atoms with Crippen LogP contribution in [0.2, 0.25) is 0 Å². The molecule has 0 aliphatic heterocycles. The molecule has 1 unspecified atom stereocenters. The van der Waals surface area contributed by atoms with Gasteiger partial charge in [-0.25, -0.2) is 0 Å². The number of rotatable bonds is 4. The smallest absolute Gasteiger partial charge is 0.251 e. The number of amides is 1. The van der Waals surface area contributed by atoms with Crippen molar-refractivity contribution in [3.8, 4) is 5.75 Å². The fourth-order valence-electron chi connectivity index (χ4n) is 2.55. The van der Waals surface area contributed by atoms with Gasteiger partial charge in [0.15, 0.2) is 0 Å². The molecule has 0 spiro atoms. The molecule has 2 aromatic rings. The third kappa shape index (κ3) is 3.48. The van der Waals surface area contributed by atoms with Crippen LogP contribution in [0.15, 0.2) is 36.4 Å². The number of ether oxygens (including phenoxy) is 1. The molecule has 0 saturated heterocycles. The van der Waals surface area contributed by atoms with Gasteiger partial charge in [-0.1, -0.05) is 12.1 Å². The average Bonchev–Trinajstić information content (AvgIpc) is 2.50. The van der Waals surface area contributed by atoms with E-state index in [0.29, 0.717) is 5.56 Å². The quantitative estimate of drug-likeness (QED) is 0.922. The Bertz CT molecular complexity index is 675. The van der Waals surface area contributed by atoms with E-state index >= 15 is 0 Å². The SMILES string of the molecule is COc1ccc(C(=O)NC(C)c2cc(C)c(C)cc2C)cc1. The Morgan fingerprint density at radius 3 is 2.18 bits per heavy atom. The highest BCUT2D eigenvalue weighted by Crippen LogP contribution is 2.22. The van der Waals surface area contributed by atoms with Gasteiger partial charge in [0.1, 0.15) is 5.75 Å². The monoisotopic (exact) mass is 297 g/mol. The van der Waals surface area contributed by atoms with Crippen LogP contribution in [0.4, 0.5) is 0 Å². The Hall–Kier alpha value is -2.29. The van der Waals surface area contributed by atoms with Crippen molar-refractivity contribution in [1.29, 1.82) is 0 Å². The molecule has 116 valence electrons. The van der Waals surface area contributed by atoms with Gasteiger partial charge in [0.25, 0.3) is 5.91 Å². The van der Waals surface area contributed by atoms with E-state index in [9.17, 15) is 4.79 Å². The number of carbonyl (C=O) groups excluding carboxylic acids is 1. The molecule has 1 amide bonds. The third-order valence-electron chi connectivity index (χ3n) is 4.05. The minimum Gasteiger partial charge on any atom is -0.497 e. The van der Waals surface area contributed by atoms with Gasteiger partial charge in [0.2, 0.25) is 0 Å². The molecule has 2 rings (SSSR count). The molecule has 3 heteroatoms. The largest absolute Gasteiger partial charge is 0.497 e. The highest BCUT2D eigenvalue weighted by Gasteiger charge is 2.14. The summed E-state index contributed by atoms with van der Waals surface area (Å²) in [4.78, 5) is 12.3. The van der Waals surface area contributed by atoms with Gasteiger partial charge in [-0.15, -0.1) is 0 Å². The molecular weight excluding hydrogens is 274 g/mol. The Morgan fingerprint density at radius 2 is 1.59 bits per heavy atom. The van der Waals surface area contributed by atoms with Crippen LogP contribution in [0, 0.1) is 20.8 Å². The van der Waals surface area contributed by atoms with E-state index in [2.05, 4.69) is 38.2 Å². The zero-order valence-corrected chi connectivity index (χ0v) is 13.9. The summed E-state index contributed by atoms with van der Waals surface area (Å²) in [7, 11) is 1.61. The summed E-state index contributed by atoms with van der Waals surface area (Å²) in [5.74, 6) is 0.669. The fourth-order valence-corrected chi connectivity index (χ4v) is 2.55. The van der Waals surface area contributed by atoms with Crippen LogP contribution in [0.3, 0.4) is 0 Å². The molecule has 0 bridgehead atoms. The summed E-state index contributed by atoms with van der Waals surface area (Å²) < 4.78 is 5.11. The lowest BCUT2D eigenvalue weighted by atomic mass is 9.96. The molecular formula is C19H23NO2. The summed E-state index contributed by atoms with van der Waals surface area (Å²) >= 11 is 0. The molecule has 0 aliphatic carbocycles. The number of aryl methyl sites for hydroxylation is 3. The molecule has 2 aromatic carbocycles. The molecule has 1 atom stereocenters. The Balaban J connectivity index is 2.15. The van der Waals surface area contributed by atoms with Gasteiger partial charge in [-0.3, -0.25) is 4.79 Å². The lowest BCUT2D eigenvalue weighted by molar-refractivity contribution is 0.0940. The van der Waals surface area contributed by atoms with E-state index in [4.69, 9.17) is 4.74 Å². The van der Waals surface area contributed by atoms with Crippen LogP contribution in [-0.4, -0.2) is 13.0 Å². The van der Waals surface area contributed by atoms with Crippen LogP contribution >= 0.6 is 0 Å². The number of nitrogens with one attached hydrogen (secondary N) is 1. The van der Waals surface area contributed by atoms with Crippen LogP contribution in [0.1, 0.15) is 45.6 Å². The van der Waals surface area contributed by atoms with Crippen molar-refractivity contribution in [2.75, 3.05) is 7.11 Å². The summed E-state index contributed by atoms with van der Waals surface area (Å²) in [6.07, 6.45) is 0. The lowest BCUT2D eigenvalue weighted by Gasteiger charge is -2.18. The van der Waals surface area contributed by atoms with Gasteiger partial charge in [-0.05, 0) is 74.2 Å². The number of benzene rings is 2. The second kappa shape index (κ2) is 6.65. The van der Waals surface area contributed by atoms with Gasteiger partial charge in [-0.2, -0.15) is 0 Å². The number of carbonyl (C=O) groups is 1. The normalized spacial score (nSPS) is 11.9. The minimum absolute atomic E-state index is 0.0334. The predicted octanol–water partition coefficient (Wildman–Crippen LogP) is 4.11. The average molecular weight is 297 g/mol. The summed E-state index contributed by atoms with van der Waals surface area (Å²) in [6.45, 7) is 8.29. The highest BCUT2D eigenvalue weighted by atomic mass is 16.5. The molecule has 0 fully saturated rings. The van der Waals surface area contributed by atoms with Crippen molar-refractivity contribution in [3.63, 3.8) is 0 Å². The maximum absolute atomic E-state index is 12.3. The van der Waals surface area contributed by atoms with Crippen LogP contribution in [0.25, 0.3) is 0 Å². The first kappa shape index (κ1) is 16.1. The summed E-state index contributed by atoms with van der Waals surface area (Å²) in [5, 5.41) is 3.06. The van der Waals surface area contributed by atoms with Crippen LogP contribution in [-0.2, 0) is 0 Å². The molecule has 0 saturated carbocycles. The molecule has 3 nitrogen and oxygen atoms in total. The van der Waals surface area contributed by atoms with Crippen molar-refractivity contribution in [1.82, 2.24) is 5.32 Å². The van der Waals surface area contributed by atoms with E-state index in [-0.39, 0.29) is 11.9 Å². The van der Waals surface area contributed by atoms with Gasteiger partial charge in [0, 0.05) is 5.56 Å². The van der Waals surface area contributed by atoms with Crippen molar-refractivity contribution >= 4 is 5.91 Å². The highest BCUT2D eigenvalue weighted by molar-refractivity contribution is 5.94. The van der Waals surface area contributed by atoms with Crippen molar-refractivity contribution < 1.29 is 9.53 Å². The fraction of sp³-hybridized carbons (Fsp3) is 0.316. The predicted molar refractivity (Wildman–Crippen MR) is 89.5 cm³/mol. The van der Waals surface area contributed by atoms with Crippen LogP contribution in [0.5, 0.6) is 5.75 Å². The zero-order valence-electron chi connectivity index (χ0n) is 13.9. The molecule has 0 heterocycles.